The van der Waals surface area contributed by atoms with Gasteiger partial charge >= 0.3 is 0 Å². The molecule has 0 heterocycles. The lowest BCUT2D eigenvalue weighted by Crippen LogP contribution is -2.33. The van der Waals surface area contributed by atoms with E-state index in [0.29, 0.717) is 17.4 Å². The second-order valence-electron chi connectivity index (χ2n) is 4.99. The van der Waals surface area contributed by atoms with E-state index >= 15 is 0 Å². The molecule has 94 valence electrons. The van der Waals surface area contributed by atoms with Gasteiger partial charge in [0, 0.05) is 10.0 Å². The maximum absolute atomic E-state index is 13.8. The van der Waals surface area contributed by atoms with Crippen LogP contribution in [0.2, 0.25) is 0 Å². The molecule has 3 unspecified atom stereocenters. The minimum atomic E-state index is -0.185. The van der Waals surface area contributed by atoms with E-state index in [-0.39, 0.29) is 11.9 Å². The molecule has 17 heavy (non-hydrogen) atoms. The summed E-state index contributed by atoms with van der Waals surface area (Å²) in [7, 11) is 0. The van der Waals surface area contributed by atoms with Gasteiger partial charge in [-0.05, 0) is 42.9 Å². The van der Waals surface area contributed by atoms with Crippen LogP contribution in [0.3, 0.4) is 0 Å². The van der Waals surface area contributed by atoms with E-state index in [1.54, 1.807) is 6.07 Å². The zero-order valence-corrected chi connectivity index (χ0v) is 11.5. The van der Waals surface area contributed by atoms with Crippen molar-refractivity contribution in [2.45, 2.75) is 32.2 Å². The molecule has 0 radical (unpaired) electrons. The molecule has 0 aromatic heterocycles. The molecule has 0 aliphatic heterocycles. The molecule has 0 amide bonds. The predicted octanol–water partition coefficient (Wildman–Crippen LogP) is 3.53. The van der Waals surface area contributed by atoms with E-state index in [4.69, 9.17) is 5.84 Å². The number of hydrazine groups is 1. The highest BCUT2D eigenvalue weighted by atomic mass is 79.9. The number of hydrogen-bond donors (Lipinski definition) is 2. The maximum atomic E-state index is 13.8. The highest BCUT2D eigenvalue weighted by Crippen LogP contribution is 2.39. The molecule has 3 atom stereocenters. The Morgan fingerprint density at radius 1 is 1.47 bits per heavy atom. The van der Waals surface area contributed by atoms with Crippen molar-refractivity contribution in [2.75, 3.05) is 0 Å². The quantitative estimate of drug-likeness (QED) is 0.662. The van der Waals surface area contributed by atoms with Crippen LogP contribution in [0.25, 0.3) is 0 Å². The summed E-state index contributed by atoms with van der Waals surface area (Å²) in [6.07, 6.45) is 3.43. The zero-order chi connectivity index (χ0) is 12.4. The zero-order valence-electron chi connectivity index (χ0n) is 9.92. The largest absolute Gasteiger partial charge is 0.271 e. The average molecular weight is 301 g/mol. The van der Waals surface area contributed by atoms with Crippen LogP contribution in [0, 0.1) is 17.7 Å². The van der Waals surface area contributed by atoms with Crippen molar-refractivity contribution in [3.63, 3.8) is 0 Å². The van der Waals surface area contributed by atoms with Crippen molar-refractivity contribution in [3.05, 3.63) is 34.1 Å². The SMILES string of the molecule is CC1CCC(C(NN)c2cc(Br)ccc2F)C1. The number of benzene rings is 1. The van der Waals surface area contributed by atoms with Gasteiger partial charge in [-0.25, -0.2) is 4.39 Å². The minimum absolute atomic E-state index is 0.0857. The summed E-state index contributed by atoms with van der Waals surface area (Å²) in [5.74, 6) is 6.58. The lowest BCUT2D eigenvalue weighted by Gasteiger charge is -2.24. The van der Waals surface area contributed by atoms with Crippen LogP contribution in [0.1, 0.15) is 37.8 Å². The van der Waals surface area contributed by atoms with Crippen LogP contribution < -0.4 is 11.3 Å². The molecule has 1 aromatic rings. The summed E-state index contributed by atoms with van der Waals surface area (Å²) in [6, 6.07) is 4.94. The van der Waals surface area contributed by atoms with E-state index in [2.05, 4.69) is 28.3 Å². The summed E-state index contributed by atoms with van der Waals surface area (Å²) in [6.45, 7) is 2.24. The molecule has 1 fully saturated rings. The van der Waals surface area contributed by atoms with Gasteiger partial charge in [0.05, 0.1) is 6.04 Å². The Morgan fingerprint density at radius 3 is 2.82 bits per heavy atom. The van der Waals surface area contributed by atoms with Crippen molar-refractivity contribution >= 4 is 15.9 Å². The third-order valence-electron chi connectivity index (χ3n) is 3.68. The van der Waals surface area contributed by atoms with Gasteiger partial charge in [0.15, 0.2) is 0 Å². The molecular weight excluding hydrogens is 283 g/mol. The van der Waals surface area contributed by atoms with Crippen molar-refractivity contribution in [1.29, 1.82) is 0 Å². The van der Waals surface area contributed by atoms with Crippen molar-refractivity contribution < 1.29 is 4.39 Å². The van der Waals surface area contributed by atoms with Gasteiger partial charge in [-0.3, -0.25) is 11.3 Å². The predicted molar refractivity (Wildman–Crippen MR) is 70.7 cm³/mol. The molecule has 2 rings (SSSR count). The van der Waals surface area contributed by atoms with E-state index in [1.807, 2.05) is 6.07 Å². The molecule has 0 saturated heterocycles. The molecule has 4 heteroatoms. The summed E-state index contributed by atoms with van der Waals surface area (Å²) >= 11 is 3.38. The Morgan fingerprint density at radius 2 is 2.24 bits per heavy atom. The fourth-order valence-corrected chi connectivity index (χ4v) is 3.17. The molecule has 0 bridgehead atoms. The first-order chi connectivity index (χ1) is 8.11. The van der Waals surface area contributed by atoms with Gasteiger partial charge in [-0.15, -0.1) is 0 Å². The Kier molecular flexibility index (Phi) is 4.17. The molecular formula is C13H18BrFN2. The molecule has 0 spiro atoms. The minimum Gasteiger partial charge on any atom is -0.271 e. The first kappa shape index (κ1) is 13.0. The maximum Gasteiger partial charge on any atom is 0.128 e. The molecule has 1 aliphatic rings. The lowest BCUT2D eigenvalue weighted by atomic mass is 9.91. The monoisotopic (exact) mass is 300 g/mol. The number of rotatable bonds is 3. The van der Waals surface area contributed by atoms with Crippen LogP contribution in [0.15, 0.2) is 22.7 Å². The standard InChI is InChI=1S/C13H18BrFN2/c1-8-2-3-9(6-8)13(17-16)11-7-10(14)4-5-12(11)15/h4-5,7-9,13,17H,2-3,6,16H2,1H3. The number of hydrogen-bond acceptors (Lipinski definition) is 2. The molecule has 2 nitrogen and oxygen atoms in total. The normalized spacial score (nSPS) is 26.1. The third kappa shape index (κ3) is 2.87. The highest BCUT2D eigenvalue weighted by Gasteiger charge is 2.30. The fourth-order valence-electron chi connectivity index (χ4n) is 2.79. The smallest absolute Gasteiger partial charge is 0.128 e. The second kappa shape index (κ2) is 5.46. The Bertz CT molecular complexity index is 397. The Hall–Kier alpha value is -0.450. The number of nitrogens with two attached hydrogens (primary N) is 1. The molecule has 1 saturated carbocycles. The van der Waals surface area contributed by atoms with E-state index < -0.39 is 0 Å². The number of halogens is 2. The van der Waals surface area contributed by atoms with Crippen LogP contribution in [0.4, 0.5) is 4.39 Å². The third-order valence-corrected chi connectivity index (χ3v) is 4.17. The van der Waals surface area contributed by atoms with Gasteiger partial charge in [0.1, 0.15) is 5.82 Å². The first-order valence-electron chi connectivity index (χ1n) is 6.03. The molecule has 3 N–H and O–H groups in total. The summed E-state index contributed by atoms with van der Waals surface area (Å²) < 4.78 is 14.7. The summed E-state index contributed by atoms with van der Waals surface area (Å²) in [4.78, 5) is 0. The summed E-state index contributed by atoms with van der Waals surface area (Å²) in [5.41, 5.74) is 3.46. The summed E-state index contributed by atoms with van der Waals surface area (Å²) in [5, 5.41) is 0. The van der Waals surface area contributed by atoms with Gasteiger partial charge in [0.25, 0.3) is 0 Å². The molecule has 1 aliphatic carbocycles. The van der Waals surface area contributed by atoms with E-state index in [9.17, 15) is 4.39 Å². The van der Waals surface area contributed by atoms with Gasteiger partial charge in [0.2, 0.25) is 0 Å². The first-order valence-corrected chi connectivity index (χ1v) is 6.82. The van der Waals surface area contributed by atoms with Crippen molar-refractivity contribution in [1.82, 2.24) is 5.43 Å². The van der Waals surface area contributed by atoms with Gasteiger partial charge in [-0.1, -0.05) is 29.3 Å². The lowest BCUT2D eigenvalue weighted by molar-refractivity contribution is 0.353. The van der Waals surface area contributed by atoms with Crippen LogP contribution in [-0.2, 0) is 0 Å². The second-order valence-corrected chi connectivity index (χ2v) is 5.90. The van der Waals surface area contributed by atoms with Crippen LogP contribution >= 0.6 is 15.9 Å². The Balaban J connectivity index is 2.25. The highest BCUT2D eigenvalue weighted by molar-refractivity contribution is 9.10. The van der Waals surface area contributed by atoms with Crippen molar-refractivity contribution in [3.8, 4) is 0 Å². The van der Waals surface area contributed by atoms with Crippen molar-refractivity contribution in [2.24, 2.45) is 17.7 Å². The molecule has 1 aromatic carbocycles. The Labute approximate surface area is 110 Å². The van der Waals surface area contributed by atoms with E-state index in [0.717, 1.165) is 17.3 Å². The van der Waals surface area contributed by atoms with Crippen LogP contribution in [-0.4, -0.2) is 0 Å². The average Bonchev–Trinajstić information content (AvgIpc) is 2.71. The fraction of sp³-hybridized carbons (Fsp3) is 0.538. The van der Waals surface area contributed by atoms with Crippen LogP contribution in [0.5, 0.6) is 0 Å². The van der Waals surface area contributed by atoms with Gasteiger partial charge in [-0.2, -0.15) is 0 Å². The van der Waals surface area contributed by atoms with E-state index in [1.165, 1.54) is 12.5 Å². The van der Waals surface area contributed by atoms with Gasteiger partial charge < -0.3 is 0 Å². The number of nitrogens with one attached hydrogen (secondary N) is 1. The topological polar surface area (TPSA) is 38.0 Å².